The quantitative estimate of drug-likeness (QED) is 0.699. The summed E-state index contributed by atoms with van der Waals surface area (Å²) < 4.78 is 30.4. The third-order valence-electron chi connectivity index (χ3n) is 3.09. The fourth-order valence-corrected chi connectivity index (χ4v) is 2.99. The van der Waals surface area contributed by atoms with E-state index < -0.39 is 10.0 Å². The average molecular weight is 250 g/mol. The summed E-state index contributed by atoms with van der Waals surface area (Å²) in [6.07, 6.45) is 4.34. The third-order valence-corrected chi connectivity index (χ3v) is 4.40. The summed E-state index contributed by atoms with van der Waals surface area (Å²) in [5, 5.41) is 0. The summed E-state index contributed by atoms with van der Waals surface area (Å²) in [4.78, 5) is 0. The Kier molecular flexibility index (Phi) is 5.68. The Bertz CT molecular complexity index is 292. The minimum Gasteiger partial charge on any atom is -0.384 e. The molecular weight excluding hydrogens is 228 g/mol. The predicted molar refractivity (Wildman–Crippen MR) is 63.6 cm³/mol. The van der Waals surface area contributed by atoms with Gasteiger partial charge in [0.2, 0.25) is 10.0 Å². The molecule has 0 radical (unpaired) electrons. The number of nitrogens with one attached hydrogen (secondary N) is 1. The highest BCUT2D eigenvalue weighted by Crippen LogP contribution is 2.22. The summed E-state index contributed by atoms with van der Waals surface area (Å²) in [5.74, 6) is 0.303. The van der Waals surface area contributed by atoms with Crippen LogP contribution in [0.4, 0.5) is 0 Å². The van der Waals surface area contributed by atoms with Crippen LogP contribution in [0.5, 0.6) is 0 Å². The third kappa shape index (κ3) is 4.78. The van der Waals surface area contributed by atoms with E-state index in [1.54, 1.807) is 0 Å². The molecule has 0 bridgehead atoms. The number of ether oxygens (including phenoxy) is 1. The Morgan fingerprint density at radius 2 is 2.06 bits per heavy atom. The van der Waals surface area contributed by atoms with Crippen molar-refractivity contribution < 1.29 is 13.2 Å². The molecule has 16 heavy (non-hydrogen) atoms. The van der Waals surface area contributed by atoms with Crippen molar-refractivity contribution in [3.05, 3.63) is 0 Å². The summed E-state index contributed by atoms with van der Waals surface area (Å²) >= 11 is 0. The highest BCUT2D eigenvalue weighted by atomic mass is 32.2. The second kappa shape index (κ2) is 6.54. The van der Waals surface area contributed by atoms with E-state index in [2.05, 4.69) is 4.72 Å². The maximum absolute atomic E-state index is 11.5. The van der Waals surface area contributed by atoms with Gasteiger partial charge >= 0.3 is 0 Å². The zero-order chi connectivity index (χ0) is 12.0. The number of nitrogens with two attached hydrogens (primary N) is 1. The molecule has 0 heterocycles. The minimum atomic E-state index is -3.20. The Morgan fingerprint density at radius 3 is 2.69 bits per heavy atom. The van der Waals surface area contributed by atoms with Gasteiger partial charge in [0.15, 0.2) is 0 Å². The van der Waals surface area contributed by atoms with Gasteiger partial charge in [-0.25, -0.2) is 13.1 Å². The highest BCUT2D eigenvalue weighted by Gasteiger charge is 2.23. The van der Waals surface area contributed by atoms with E-state index in [0.717, 1.165) is 25.7 Å². The second-order valence-electron chi connectivity index (χ2n) is 4.37. The van der Waals surface area contributed by atoms with Crippen LogP contribution in [0.15, 0.2) is 0 Å². The molecule has 0 aliphatic heterocycles. The fraction of sp³-hybridized carbons (Fsp3) is 1.00. The van der Waals surface area contributed by atoms with Crippen molar-refractivity contribution in [3.63, 3.8) is 0 Å². The van der Waals surface area contributed by atoms with Gasteiger partial charge in [0, 0.05) is 19.7 Å². The molecule has 1 saturated carbocycles. The average Bonchev–Trinajstić information content (AvgIpc) is 2.26. The predicted octanol–water partition coefficient (Wildman–Crippen LogP) is 0.0697. The van der Waals surface area contributed by atoms with Gasteiger partial charge < -0.3 is 10.5 Å². The number of rotatable bonds is 6. The topological polar surface area (TPSA) is 81.4 Å². The number of methoxy groups -OCH3 is 1. The number of sulfonamides is 1. The van der Waals surface area contributed by atoms with Crippen molar-refractivity contribution in [1.82, 2.24) is 4.72 Å². The summed E-state index contributed by atoms with van der Waals surface area (Å²) in [5.41, 5.74) is 5.95. The molecule has 1 aliphatic carbocycles. The molecule has 0 aromatic heterocycles. The first-order valence-electron chi connectivity index (χ1n) is 5.77. The summed E-state index contributed by atoms with van der Waals surface area (Å²) in [7, 11) is -1.70. The molecule has 2 unspecified atom stereocenters. The Labute approximate surface area is 97.8 Å². The lowest BCUT2D eigenvalue weighted by atomic mass is 9.85. The van der Waals surface area contributed by atoms with Gasteiger partial charge in [-0.15, -0.1) is 0 Å². The van der Waals surface area contributed by atoms with Crippen LogP contribution in [0.2, 0.25) is 0 Å². The fourth-order valence-electron chi connectivity index (χ4n) is 1.99. The molecule has 6 heteroatoms. The van der Waals surface area contributed by atoms with Crippen LogP contribution in [-0.4, -0.2) is 40.5 Å². The zero-order valence-corrected chi connectivity index (χ0v) is 10.6. The van der Waals surface area contributed by atoms with Crippen molar-refractivity contribution >= 4 is 10.0 Å². The van der Waals surface area contributed by atoms with E-state index in [4.69, 9.17) is 10.5 Å². The first kappa shape index (κ1) is 13.9. The van der Waals surface area contributed by atoms with E-state index in [-0.39, 0.29) is 24.3 Å². The van der Waals surface area contributed by atoms with Crippen LogP contribution in [0.25, 0.3) is 0 Å². The minimum absolute atomic E-state index is 0.0193. The van der Waals surface area contributed by atoms with Gasteiger partial charge in [0.25, 0.3) is 0 Å². The molecule has 0 aromatic carbocycles. The molecule has 0 aromatic rings. The van der Waals surface area contributed by atoms with E-state index in [0.29, 0.717) is 6.54 Å². The van der Waals surface area contributed by atoms with E-state index >= 15 is 0 Å². The first-order chi connectivity index (χ1) is 7.55. The lowest BCUT2D eigenvalue weighted by Gasteiger charge is -2.28. The maximum Gasteiger partial charge on any atom is 0.213 e. The smallest absolute Gasteiger partial charge is 0.213 e. The van der Waals surface area contributed by atoms with Crippen LogP contribution >= 0.6 is 0 Å². The molecule has 0 spiro atoms. The van der Waals surface area contributed by atoms with Crippen LogP contribution in [0.1, 0.15) is 25.7 Å². The van der Waals surface area contributed by atoms with Crippen LogP contribution in [0, 0.1) is 5.92 Å². The van der Waals surface area contributed by atoms with Crippen molar-refractivity contribution in [3.8, 4) is 0 Å². The molecule has 1 rings (SSSR count). The van der Waals surface area contributed by atoms with Crippen LogP contribution in [-0.2, 0) is 14.8 Å². The number of hydrogen-bond donors (Lipinski definition) is 2. The second-order valence-corrected chi connectivity index (χ2v) is 6.29. The largest absolute Gasteiger partial charge is 0.384 e. The monoisotopic (exact) mass is 250 g/mol. The van der Waals surface area contributed by atoms with Crippen molar-refractivity contribution in [2.45, 2.75) is 31.7 Å². The Balaban J connectivity index is 2.32. The normalized spacial score (nSPS) is 26.9. The Morgan fingerprint density at radius 1 is 1.38 bits per heavy atom. The SMILES string of the molecule is COCCS(=O)(=O)NCC1CCCCC1N. The van der Waals surface area contributed by atoms with E-state index in [9.17, 15) is 8.42 Å². The van der Waals surface area contributed by atoms with E-state index in [1.807, 2.05) is 0 Å². The first-order valence-corrected chi connectivity index (χ1v) is 7.42. The van der Waals surface area contributed by atoms with E-state index in [1.165, 1.54) is 7.11 Å². The van der Waals surface area contributed by atoms with Gasteiger partial charge in [-0.1, -0.05) is 12.8 Å². The Hall–Kier alpha value is -0.170. The molecular formula is C10H22N2O3S. The van der Waals surface area contributed by atoms with Crippen molar-refractivity contribution in [1.29, 1.82) is 0 Å². The number of hydrogen-bond acceptors (Lipinski definition) is 4. The lowest BCUT2D eigenvalue weighted by molar-refractivity contribution is 0.216. The van der Waals surface area contributed by atoms with Crippen LogP contribution in [0.3, 0.4) is 0 Å². The maximum atomic E-state index is 11.5. The van der Waals surface area contributed by atoms with Gasteiger partial charge in [0.05, 0.1) is 12.4 Å². The lowest BCUT2D eigenvalue weighted by Crippen LogP contribution is -2.41. The molecule has 2 atom stereocenters. The molecule has 3 N–H and O–H groups in total. The standard InChI is InChI=1S/C10H22N2O3S/c1-15-6-7-16(13,14)12-8-9-4-2-3-5-10(9)11/h9-10,12H,2-8,11H2,1H3. The molecule has 96 valence electrons. The van der Waals surface area contributed by atoms with Crippen molar-refractivity contribution in [2.75, 3.05) is 26.0 Å². The van der Waals surface area contributed by atoms with Crippen LogP contribution < -0.4 is 10.5 Å². The molecule has 5 nitrogen and oxygen atoms in total. The molecule has 1 aliphatic rings. The van der Waals surface area contributed by atoms with Gasteiger partial charge in [-0.3, -0.25) is 0 Å². The summed E-state index contributed by atoms with van der Waals surface area (Å²) in [6.45, 7) is 0.694. The zero-order valence-electron chi connectivity index (χ0n) is 9.81. The van der Waals surface area contributed by atoms with Gasteiger partial charge in [0.1, 0.15) is 0 Å². The molecule has 0 amide bonds. The molecule has 0 saturated heterocycles. The summed E-state index contributed by atoms with van der Waals surface area (Å²) in [6, 6.07) is 0.138. The van der Waals surface area contributed by atoms with Crippen molar-refractivity contribution in [2.24, 2.45) is 11.7 Å². The van der Waals surface area contributed by atoms with Gasteiger partial charge in [-0.05, 0) is 18.8 Å². The van der Waals surface area contributed by atoms with Gasteiger partial charge in [-0.2, -0.15) is 0 Å². The molecule has 1 fully saturated rings. The highest BCUT2D eigenvalue weighted by molar-refractivity contribution is 7.89.